The normalized spacial score (nSPS) is 14.4. The van der Waals surface area contributed by atoms with Gasteiger partial charge in [0.15, 0.2) is 11.5 Å². The predicted molar refractivity (Wildman–Crippen MR) is 144 cm³/mol. The Morgan fingerprint density at radius 1 is 0.947 bits per heavy atom. The van der Waals surface area contributed by atoms with Gasteiger partial charge in [0.1, 0.15) is 25.6 Å². The van der Waals surface area contributed by atoms with Gasteiger partial charge < -0.3 is 19.5 Å². The highest BCUT2D eigenvalue weighted by molar-refractivity contribution is 5.92. The van der Waals surface area contributed by atoms with Crippen molar-refractivity contribution in [2.45, 2.75) is 40.0 Å². The maximum atomic E-state index is 13.4. The molecule has 8 heteroatoms. The Morgan fingerprint density at radius 3 is 2.53 bits per heavy atom. The summed E-state index contributed by atoms with van der Waals surface area (Å²) in [5.74, 6) is 1.33. The summed E-state index contributed by atoms with van der Waals surface area (Å²) in [4.78, 5) is 17.7. The van der Waals surface area contributed by atoms with E-state index in [0.717, 1.165) is 22.3 Å². The minimum Gasteiger partial charge on any atom is -0.490 e. The number of fused-ring (bicyclic) bond motifs is 1. The Balaban J connectivity index is 1.46. The van der Waals surface area contributed by atoms with Crippen molar-refractivity contribution in [1.29, 1.82) is 0 Å². The van der Waals surface area contributed by atoms with Crippen molar-refractivity contribution in [2.24, 2.45) is 0 Å². The fourth-order valence-electron chi connectivity index (χ4n) is 4.47. The summed E-state index contributed by atoms with van der Waals surface area (Å²) >= 11 is 0. The molecule has 5 rings (SSSR count). The van der Waals surface area contributed by atoms with Gasteiger partial charge in [-0.1, -0.05) is 60.7 Å². The molecule has 1 atom stereocenters. The van der Waals surface area contributed by atoms with Gasteiger partial charge in [-0.25, -0.2) is 9.48 Å². The average Bonchev–Trinajstić information content (AvgIpc) is 3.40. The number of carbonyl (C=O) groups is 1. The number of allylic oxidation sites excluding steroid dienone is 1. The molecule has 1 aliphatic rings. The number of hydrogen-bond acceptors (Lipinski definition) is 7. The summed E-state index contributed by atoms with van der Waals surface area (Å²) in [7, 11) is 0. The first-order valence-electron chi connectivity index (χ1n) is 12.6. The second-order valence-corrected chi connectivity index (χ2v) is 9.01. The zero-order valence-corrected chi connectivity index (χ0v) is 21.7. The molecule has 4 aromatic rings. The Hall–Kier alpha value is -4.59. The molecule has 1 aliphatic heterocycles. The van der Waals surface area contributed by atoms with Gasteiger partial charge in [0, 0.05) is 5.70 Å². The van der Waals surface area contributed by atoms with Gasteiger partial charge in [0.05, 0.1) is 12.2 Å². The zero-order valence-electron chi connectivity index (χ0n) is 21.7. The molecule has 1 unspecified atom stereocenters. The molecule has 2 heterocycles. The summed E-state index contributed by atoms with van der Waals surface area (Å²) in [5, 5.41) is 7.59. The van der Waals surface area contributed by atoms with Gasteiger partial charge in [0.2, 0.25) is 5.95 Å². The van der Waals surface area contributed by atoms with Gasteiger partial charge >= 0.3 is 5.97 Å². The quantitative estimate of drug-likeness (QED) is 0.293. The molecule has 3 aromatic carbocycles. The highest BCUT2D eigenvalue weighted by atomic mass is 16.5. The number of rotatable bonds is 9. The Bertz CT molecular complexity index is 1460. The number of ether oxygens (including phenoxy) is 3. The number of nitrogens with one attached hydrogen (secondary N) is 1. The number of esters is 1. The third kappa shape index (κ3) is 5.25. The highest BCUT2D eigenvalue weighted by Gasteiger charge is 2.35. The number of hydrogen-bond donors (Lipinski definition) is 1. The molecule has 0 saturated heterocycles. The molecule has 8 nitrogen and oxygen atoms in total. The first kappa shape index (κ1) is 25.1. The molecule has 0 amide bonds. The standard InChI is InChI=1S/C30H30N4O4/c1-4-36-26-16-23(14-15-25(26)37-18-24-13-9-8-10-20(24)2)28-27(21(3)33-30-31-19-32-34(28)30)29(35)38-17-22-11-6-5-7-12-22/h5-16,19,28H,4,17-18H2,1-3H3,(H,31,32,33). The molecule has 38 heavy (non-hydrogen) atoms. The molecule has 194 valence electrons. The van der Waals surface area contributed by atoms with Gasteiger partial charge in [-0.05, 0) is 55.2 Å². The lowest BCUT2D eigenvalue weighted by atomic mass is 9.95. The molecule has 0 radical (unpaired) electrons. The number of aryl methyl sites for hydroxylation is 1. The number of anilines is 1. The van der Waals surface area contributed by atoms with Crippen LogP contribution in [-0.4, -0.2) is 27.3 Å². The van der Waals surface area contributed by atoms with E-state index in [-0.39, 0.29) is 6.61 Å². The van der Waals surface area contributed by atoms with Gasteiger partial charge in [-0.15, -0.1) is 0 Å². The van der Waals surface area contributed by atoms with Crippen molar-refractivity contribution >= 4 is 11.9 Å². The molecule has 0 aliphatic carbocycles. The van der Waals surface area contributed by atoms with Crippen LogP contribution >= 0.6 is 0 Å². The van der Waals surface area contributed by atoms with E-state index in [1.54, 1.807) is 4.68 Å². The SMILES string of the molecule is CCOc1cc(C2C(C(=O)OCc3ccccc3)=C(C)Nc3ncnn32)ccc1OCc1ccccc1C. The van der Waals surface area contributed by atoms with Crippen molar-refractivity contribution < 1.29 is 19.0 Å². The fourth-order valence-corrected chi connectivity index (χ4v) is 4.47. The fraction of sp³-hybridized carbons (Fsp3) is 0.233. The molecule has 1 N–H and O–H groups in total. The van der Waals surface area contributed by atoms with Crippen LogP contribution in [0.15, 0.2) is 90.4 Å². The van der Waals surface area contributed by atoms with Crippen LogP contribution < -0.4 is 14.8 Å². The molecule has 1 aromatic heterocycles. The van der Waals surface area contributed by atoms with E-state index in [2.05, 4.69) is 28.4 Å². The van der Waals surface area contributed by atoms with E-state index in [9.17, 15) is 4.79 Å². The summed E-state index contributed by atoms with van der Waals surface area (Å²) in [6.45, 7) is 6.88. The number of aromatic nitrogens is 3. The summed E-state index contributed by atoms with van der Waals surface area (Å²) in [6, 6.07) is 22.9. The van der Waals surface area contributed by atoms with Crippen molar-refractivity contribution in [3.05, 3.63) is 113 Å². The molecule has 0 saturated carbocycles. The average molecular weight is 511 g/mol. The molecular formula is C30H30N4O4. The van der Waals surface area contributed by atoms with Crippen LogP contribution in [0.25, 0.3) is 0 Å². The van der Waals surface area contributed by atoms with Crippen LogP contribution in [0.4, 0.5) is 5.95 Å². The lowest BCUT2D eigenvalue weighted by Crippen LogP contribution is -2.29. The second kappa shape index (κ2) is 11.2. The lowest BCUT2D eigenvalue weighted by Gasteiger charge is -2.28. The Morgan fingerprint density at radius 2 is 1.74 bits per heavy atom. The van der Waals surface area contributed by atoms with Crippen molar-refractivity contribution in [2.75, 3.05) is 11.9 Å². The summed E-state index contributed by atoms with van der Waals surface area (Å²) in [5.41, 5.74) is 5.09. The molecular weight excluding hydrogens is 480 g/mol. The van der Waals surface area contributed by atoms with E-state index in [0.29, 0.717) is 41.9 Å². The van der Waals surface area contributed by atoms with E-state index in [1.165, 1.54) is 6.33 Å². The van der Waals surface area contributed by atoms with E-state index >= 15 is 0 Å². The van der Waals surface area contributed by atoms with Gasteiger partial charge in [-0.2, -0.15) is 10.1 Å². The van der Waals surface area contributed by atoms with E-state index in [1.807, 2.05) is 80.6 Å². The van der Waals surface area contributed by atoms with Gasteiger partial charge in [-0.3, -0.25) is 0 Å². The van der Waals surface area contributed by atoms with Crippen molar-refractivity contribution in [1.82, 2.24) is 14.8 Å². The largest absolute Gasteiger partial charge is 0.490 e. The number of nitrogens with zero attached hydrogens (tertiary/aromatic N) is 3. The molecule has 0 spiro atoms. The van der Waals surface area contributed by atoms with Crippen molar-refractivity contribution in [3.63, 3.8) is 0 Å². The third-order valence-electron chi connectivity index (χ3n) is 6.45. The van der Waals surface area contributed by atoms with E-state index in [4.69, 9.17) is 14.2 Å². The van der Waals surface area contributed by atoms with Crippen LogP contribution in [-0.2, 0) is 22.7 Å². The van der Waals surface area contributed by atoms with E-state index < -0.39 is 12.0 Å². The second-order valence-electron chi connectivity index (χ2n) is 9.01. The Labute approximate surface area is 221 Å². The zero-order chi connectivity index (χ0) is 26.5. The maximum absolute atomic E-state index is 13.4. The number of carbonyl (C=O) groups excluding carboxylic acids is 1. The first-order chi connectivity index (χ1) is 18.5. The third-order valence-corrected chi connectivity index (χ3v) is 6.45. The lowest BCUT2D eigenvalue weighted by molar-refractivity contribution is -0.140. The first-order valence-corrected chi connectivity index (χ1v) is 12.6. The summed E-state index contributed by atoms with van der Waals surface area (Å²) in [6.07, 6.45) is 1.46. The Kier molecular flexibility index (Phi) is 7.40. The minimum atomic E-state index is -0.554. The van der Waals surface area contributed by atoms with Crippen LogP contribution in [0.1, 0.15) is 42.1 Å². The monoisotopic (exact) mass is 510 g/mol. The predicted octanol–water partition coefficient (Wildman–Crippen LogP) is 5.60. The molecule has 0 fully saturated rings. The number of benzene rings is 3. The summed E-state index contributed by atoms with van der Waals surface area (Å²) < 4.78 is 19.5. The molecule has 0 bridgehead atoms. The topological polar surface area (TPSA) is 87.5 Å². The highest BCUT2D eigenvalue weighted by Crippen LogP contribution is 2.39. The maximum Gasteiger partial charge on any atom is 0.338 e. The van der Waals surface area contributed by atoms with Crippen LogP contribution in [0, 0.1) is 6.92 Å². The van der Waals surface area contributed by atoms with Crippen LogP contribution in [0.2, 0.25) is 0 Å². The smallest absolute Gasteiger partial charge is 0.338 e. The van der Waals surface area contributed by atoms with Crippen molar-refractivity contribution in [3.8, 4) is 11.5 Å². The van der Waals surface area contributed by atoms with Gasteiger partial charge in [0.25, 0.3) is 0 Å². The van der Waals surface area contributed by atoms with Crippen LogP contribution in [0.5, 0.6) is 11.5 Å². The minimum absolute atomic E-state index is 0.170. The van der Waals surface area contributed by atoms with Crippen LogP contribution in [0.3, 0.4) is 0 Å².